The molecular formula is C14H22ClN3O2. The van der Waals surface area contributed by atoms with E-state index >= 15 is 0 Å². The van der Waals surface area contributed by atoms with Crippen LogP contribution in [0, 0.1) is 12.3 Å². The summed E-state index contributed by atoms with van der Waals surface area (Å²) in [5, 5.41) is 5.53. The fourth-order valence-corrected chi connectivity index (χ4v) is 1.42. The summed E-state index contributed by atoms with van der Waals surface area (Å²) in [5.74, 6) is -0.290. The van der Waals surface area contributed by atoms with Gasteiger partial charge in [-0.15, -0.1) is 12.4 Å². The highest BCUT2D eigenvalue weighted by Crippen LogP contribution is 2.22. The summed E-state index contributed by atoms with van der Waals surface area (Å²) in [6, 6.07) is 5.38. The molecule has 2 amide bonds. The molecule has 20 heavy (non-hydrogen) atoms. The van der Waals surface area contributed by atoms with Crippen molar-refractivity contribution in [3.05, 3.63) is 23.8 Å². The maximum atomic E-state index is 12.0. The van der Waals surface area contributed by atoms with Crippen LogP contribution in [0.1, 0.15) is 26.3 Å². The number of benzene rings is 1. The molecule has 0 aliphatic heterocycles. The van der Waals surface area contributed by atoms with Crippen molar-refractivity contribution in [1.29, 1.82) is 0 Å². The number of carbonyl (C=O) groups is 2. The Morgan fingerprint density at radius 1 is 1.25 bits per heavy atom. The van der Waals surface area contributed by atoms with Gasteiger partial charge in [0, 0.05) is 24.8 Å². The number of carbonyl (C=O) groups excluding carboxylic acids is 2. The third-order valence-electron chi connectivity index (χ3n) is 2.93. The van der Waals surface area contributed by atoms with Crippen molar-refractivity contribution < 1.29 is 9.59 Å². The van der Waals surface area contributed by atoms with E-state index in [2.05, 4.69) is 10.6 Å². The molecule has 0 spiro atoms. The van der Waals surface area contributed by atoms with Gasteiger partial charge in [0.25, 0.3) is 0 Å². The number of nitrogens with two attached hydrogens (primary N) is 1. The summed E-state index contributed by atoms with van der Waals surface area (Å²) in [6.45, 7) is 7.17. The molecule has 4 N–H and O–H groups in total. The predicted octanol–water partition coefficient (Wildman–Crippen LogP) is 2.30. The summed E-state index contributed by atoms with van der Waals surface area (Å²) in [4.78, 5) is 23.1. The highest BCUT2D eigenvalue weighted by molar-refractivity contribution is 5.96. The van der Waals surface area contributed by atoms with Crippen LogP contribution in [0.25, 0.3) is 0 Å². The van der Waals surface area contributed by atoms with Crippen LogP contribution in [0.4, 0.5) is 11.4 Å². The lowest BCUT2D eigenvalue weighted by molar-refractivity contribution is -0.123. The van der Waals surface area contributed by atoms with Crippen molar-refractivity contribution in [2.24, 2.45) is 11.1 Å². The number of anilines is 2. The van der Waals surface area contributed by atoms with Gasteiger partial charge in [0.2, 0.25) is 11.8 Å². The lowest BCUT2D eigenvalue weighted by Crippen LogP contribution is -2.37. The van der Waals surface area contributed by atoms with Crippen molar-refractivity contribution in [2.75, 3.05) is 17.2 Å². The van der Waals surface area contributed by atoms with E-state index in [9.17, 15) is 9.59 Å². The number of halogens is 1. The van der Waals surface area contributed by atoms with Gasteiger partial charge in [0.05, 0.1) is 5.41 Å². The van der Waals surface area contributed by atoms with Crippen molar-refractivity contribution in [1.82, 2.24) is 0 Å². The Morgan fingerprint density at radius 2 is 1.85 bits per heavy atom. The Hall–Kier alpha value is -1.59. The molecule has 6 heteroatoms. The molecule has 0 fully saturated rings. The average molecular weight is 300 g/mol. The first-order chi connectivity index (χ1) is 8.76. The number of rotatable bonds is 4. The third-order valence-corrected chi connectivity index (χ3v) is 2.93. The first kappa shape index (κ1) is 18.4. The lowest BCUT2D eigenvalue weighted by atomic mass is 9.92. The molecule has 0 aliphatic rings. The number of nitrogens with one attached hydrogen (secondary N) is 2. The zero-order valence-electron chi connectivity index (χ0n) is 12.2. The largest absolute Gasteiger partial charge is 0.329 e. The van der Waals surface area contributed by atoms with Gasteiger partial charge in [-0.25, -0.2) is 0 Å². The molecule has 0 aromatic heterocycles. The van der Waals surface area contributed by atoms with E-state index in [1.807, 2.05) is 13.0 Å². The minimum atomic E-state index is -0.626. The number of hydrogen-bond donors (Lipinski definition) is 3. The molecule has 0 saturated carbocycles. The first-order valence-corrected chi connectivity index (χ1v) is 6.16. The fourth-order valence-electron chi connectivity index (χ4n) is 1.42. The third kappa shape index (κ3) is 4.83. The Kier molecular flexibility index (Phi) is 6.68. The maximum Gasteiger partial charge on any atom is 0.231 e. The Morgan fingerprint density at radius 3 is 2.35 bits per heavy atom. The van der Waals surface area contributed by atoms with Crippen molar-refractivity contribution in [3.63, 3.8) is 0 Å². The van der Waals surface area contributed by atoms with Gasteiger partial charge < -0.3 is 16.4 Å². The van der Waals surface area contributed by atoms with Crippen LogP contribution in [0.5, 0.6) is 0 Å². The monoisotopic (exact) mass is 299 g/mol. The highest BCUT2D eigenvalue weighted by atomic mass is 35.5. The van der Waals surface area contributed by atoms with E-state index in [1.165, 1.54) is 6.92 Å². The van der Waals surface area contributed by atoms with E-state index < -0.39 is 5.41 Å². The molecule has 1 aromatic rings. The molecule has 0 unspecified atom stereocenters. The molecule has 0 bridgehead atoms. The van der Waals surface area contributed by atoms with E-state index in [0.717, 1.165) is 5.56 Å². The number of hydrogen-bond acceptors (Lipinski definition) is 3. The standard InChI is InChI=1S/C14H21N3O2.ClH/c1-9-5-6-11(7-12(9)16-10(2)18)17-13(19)14(3,4)8-15;/h5-7H,8,15H2,1-4H3,(H,16,18)(H,17,19);1H. The Balaban J connectivity index is 0.00000361. The van der Waals surface area contributed by atoms with Gasteiger partial charge in [-0.3, -0.25) is 9.59 Å². The van der Waals surface area contributed by atoms with E-state index in [-0.39, 0.29) is 30.8 Å². The van der Waals surface area contributed by atoms with E-state index in [4.69, 9.17) is 5.73 Å². The molecule has 0 radical (unpaired) electrons. The molecule has 112 valence electrons. The van der Waals surface area contributed by atoms with Crippen LogP contribution in [0.15, 0.2) is 18.2 Å². The Bertz CT molecular complexity index is 501. The van der Waals surface area contributed by atoms with Crippen LogP contribution in [-0.2, 0) is 9.59 Å². The molecule has 0 heterocycles. The van der Waals surface area contributed by atoms with Crippen molar-refractivity contribution in [3.8, 4) is 0 Å². The summed E-state index contributed by atoms with van der Waals surface area (Å²) >= 11 is 0. The molecule has 1 rings (SSSR count). The van der Waals surface area contributed by atoms with Crippen molar-refractivity contribution in [2.45, 2.75) is 27.7 Å². The van der Waals surface area contributed by atoms with Gasteiger partial charge in [0.1, 0.15) is 0 Å². The summed E-state index contributed by atoms with van der Waals surface area (Å²) in [7, 11) is 0. The van der Waals surface area contributed by atoms with Gasteiger partial charge in [-0.1, -0.05) is 6.07 Å². The van der Waals surface area contributed by atoms with Gasteiger partial charge in [0.15, 0.2) is 0 Å². The molecule has 0 atom stereocenters. The molecule has 1 aromatic carbocycles. The average Bonchev–Trinajstić information content (AvgIpc) is 2.32. The normalized spacial score (nSPS) is 10.4. The summed E-state index contributed by atoms with van der Waals surface area (Å²) in [5.41, 5.74) is 7.20. The van der Waals surface area contributed by atoms with Gasteiger partial charge >= 0.3 is 0 Å². The van der Waals surface area contributed by atoms with Crippen LogP contribution in [0.2, 0.25) is 0 Å². The second-order valence-electron chi connectivity index (χ2n) is 5.25. The number of amides is 2. The second kappa shape index (κ2) is 7.26. The van der Waals surface area contributed by atoms with Crippen LogP contribution >= 0.6 is 12.4 Å². The quantitative estimate of drug-likeness (QED) is 0.797. The highest BCUT2D eigenvalue weighted by Gasteiger charge is 2.25. The van der Waals surface area contributed by atoms with Gasteiger partial charge in [-0.05, 0) is 38.5 Å². The summed E-state index contributed by atoms with van der Waals surface area (Å²) < 4.78 is 0. The SMILES string of the molecule is CC(=O)Nc1cc(NC(=O)C(C)(C)CN)ccc1C.Cl. The fraction of sp³-hybridized carbons (Fsp3) is 0.429. The molecule has 0 saturated heterocycles. The van der Waals surface area contributed by atoms with Gasteiger partial charge in [-0.2, -0.15) is 0 Å². The zero-order chi connectivity index (χ0) is 14.6. The smallest absolute Gasteiger partial charge is 0.231 e. The minimum absolute atomic E-state index is 0. The molecule has 5 nitrogen and oxygen atoms in total. The predicted molar refractivity (Wildman–Crippen MR) is 84.2 cm³/mol. The second-order valence-corrected chi connectivity index (χ2v) is 5.25. The van der Waals surface area contributed by atoms with Crippen LogP contribution in [-0.4, -0.2) is 18.4 Å². The number of aryl methyl sites for hydroxylation is 1. The van der Waals surface area contributed by atoms with E-state index in [1.54, 1.807) is 26.0 Å². The zero-order valence-corrected chi connectivity index (χ0v) is 13.1. The molecular weight excluding hydrogens is 278 g/mol. The first-order valence-electron chi connectivity index (χ1n) is 6.16. The minimum Gasteiger partial charge on any atom is -0.329 e. The van der Waals surface area contributed by atoms with Crippen LogP contribution < -0.4 is 16.4 Å². The van der Waals surface area contributed by atoms with E-state index in [0.29, 0.717) is 11.4 Å². The van der Waals surface area contributed by atoms with Crippen LogP contribution in [0.3, 0.4) is 0 Å². The van der Waals surface area contributed by atoms with Crippen molar-refractivity contribution >= 4 is 35.6 Å². The Labute approximate surface area is 125 Å². The lowest BCUT2D eigenvalue weighted by Gasteiger charge is -2.21. The summed E-state index contributed by atoms with van der Waals surface area (Å²) in [6.07, 6.45) is 0. The molecule has 0 aliphatic carbocycles. The topological polar surface area (TPSA) is 84.2 Å². The maximum absolute atomic E-state index is 12.0.